The number of morpholine rings is 1. The van der Waals surface area contributed by atoms with Gasteiger partial charge in [0.1, 0.15) is 31.6 Å². The van der Waals surface area contributed by atoms with E-state index in [0.29, 0.717) is 0 Å². The summed E-state index contributed by atoms with van der Waals surface area (Å²) in [4.78, 5) is 0. The minimum absolute atomic E-state index is 0. The maximum atomic E-state index is 10.3. The molecule has 0 spiro atoms. The molecule has 0 unspecified atom stereocenters. The van der Waals surface area contributed by atoms with E-state index in [-0.39, 0.29) is 24.8 Å². The van der Waals surface area contributed by atoms with Crippen molar-refractivity contribution < 1.29 is 38.5 Å². The molecule has 0 saturated carbocycles. The van der Waals surface area contributed by atoms with Gasteiger partial charge in [0.15, 0.2) is 0 Å². The second kappa shape index (κ2) is 13.3. The van der Waals surface area contributed by atoms with E-state index >= 15 is 0 Å². The zero-order valence-corrected chi connectivity index (χ0v) is 21.9. The van der Waals surface area contributed by atoms with Crippen LogP contribution in [0.2, 0.25) is 0 Å². The number of ether oxygens (including phenoxy) is 1. The van der Waals surface area contributed by atoms with Gasteiger partial charge in [-0.15, -0.1) is 0 Å². The largest absolute Gasteiger partial charge is 1.00 e. The van der Waals surface area contributed by atoms with Gasteiger partial charge in [0.05, 0.1) is 47.0 Å². The third kappa shape index (κ3) is 7.98. The highest BCUT2D eigenvalue weighted by atomic mass is 35.5. The van der Waals surface area contributed by atoms with Gasteiger partial charge in [-0.2, -0.15) is 5.26 Å². The van der Waals surface area contributed by atoms with Crippen molar-refractivity contribution in [2.24, 2.45) is 0 Å². The fourth-order valence-electron chi connectivity index (χ4n) is 4.65. The number of halogens is 2. The molecule has 1 heterocycles. The lowest BCUT2D eigenvalue weighted by molar-refractivity contribution is -0.959. The van der Waals surface area contributed by atoms with E-state index in [2.05, 4.69) is 51.5 Å². The lowest BCUT2D eigenvalue weighted by Gasteiger charge is -2.40. The number of likely N-dealkylation sites (N-methyl/N-ethyl adjacent to an activating group) is 2. The van der Waals surface area contributed by atoms with Crippen LogP contribution in [0.25, 0.3) is 0 Å². The van der Waals surface area contributed by atoms with Crippen molar-refractivity contribution in [3.8, 4) is 6.07 Å². The fourth-order valence-corrected chi connectivity index (χ4v) is 4.65. The van der Waals surface area contributed by atoms with Gasteiger partial charge in [-0.25, -0.2) is 0 Å². The summed E-state index contributed by atoms with van der Waals surface area (Å²) in [6.45, 7) is 7.54. The standard InChI is InChI=1S/C27H39N3O.2ClH/c1-29(2,18-19-30(3)20-22-31-23-21-30)17-11-10-16-27(24-28,25-12-6-4-7-13-25)26-14-8-5-9-15-26;;/h4-9,12-15H,10-11,16-23H2,1-3H3;2*1H/q+2;;/p-2. The maximum absolute atomic E-state index is 10.3. The molecule has 1 saturated heterocycles. The van der Waals surface area contributed by atoms with Crippen LogP contribution in [0.4, 0.5) is 0 Å². The molecule has 0 N–H and O–H groups in total. The molecule has 0 radical (unpaired) electrons. The number of unbranched alkanes of at least 4 members (excludes halogenated alkanes) is 1. The summed E-state index contributed by atoms with van der Waals surface area (Å²) < 4.78 is 7.70. The monoisotopic (exact) mass is 491 g/mol. The third-order valence-corrected chi connectivity index (χ3v) is 7.09. The van der Waals surface area contributed by atoms with E-state index in [1.54, 1.807) is 0 Å². The summed E-state index contributed by atoms with van der Waals surface area (Å²) in [5.74, 6) is 0. The number of hydrogen-bond acceptors (Lipinski definition) is 2. The van der Waals surface area contributed by atoms with Crippen LogP contribution in [0.15, 0.2) is 60.7 Å². The Kier molecular flexibility index (Phi) is 11.9. The summed E-state index contributed by atoms with van der Waals surface area (Å²) in [6.07, 6.45) is 3.02. The molecule has 0 amide bonds. The Bertz CT molecular complexity index is 807. The van der Waals surface area contributed by atoms with Gasteiger partial charge in [-0.1, -0.05) is 60.7 Å². The molecule has 0 bridgehead atoms. The number of rotatable bonds is 10. The number of hydrogen-bond donors (Lipinski definition) is 0. The van der Waals surface area contributed by atoms with E-state index in [0.717, 1.165) is 72.2 Å². The van der Waals surface area contributed by atoms with E-state index in [9.17, 15) is 5.26 Å². The predicted molar refractivity (Wildman–Crippen MR) is 127 cm³/mol. The van der Waals surface area contributed by atoms with Crippen LogP contribution in [-0.4, -0.2) is 76.0 Å². The van der Waals surface area contributed by atoms with Crippen LogP contribution < -0.4 is 24.8 Å². The van der Waals surface area contributed by atoms with Crippen molar-refractivity contribution in [3.63, 3.8) is 0 Å². The summed E-state index contributed by atoms with van der Waals surface area (Å²) in [7, 11) is 7.06. The quantitative estimate of drug-likeness (QED) is 0.291. The molecule has 3 rings (SSSR count). The lowest BCUT2D eigenvalue weighted by atomic mass is 9.72. The van der Waals surface area contributed by atoms with Crippen molar-refractivity contribution in [2.45, 2.75) is 24.7 Å². The van der Waals surface area contributed by atoms with Crippen LogP contribution in [0.5, 0.6) is 0 Å². The highest BCUT2D eigenvalue weighted by Gasteiger charge is 2.34. The van der Waals surface area contributed by atoms with Gasteiger partial charge in [0.2, 0.25) is 0 Å². The topological polar surface area (TPSA) is 33.0 Å². The molecule has 0 atom stereocenters. The van der Waals surface area contributed by atoms with Crippen molar-refractivity contribution in [3.05, 3.63) is 71.8 Å². The summed E-state index contributed by atoms with van der Waals surface area (Å²) in [5, 5.41) is 10.3. The van der Waals surface area contributed by atoms with Crippen LogP contribution in [-0.2, 0) is 10.2 Å². The first-order valence-corrected chi connectivity index (χ1v) is 11.6. The molecule has 1 fully saturated rings. The molecule has 1 aliphatic heterocycles. The fraction of sp³-hybridized carbons (Fsp3) is 0.519. The number of nitrogens with zero attached hydrogens (tertiary/aromatic N) is 3. The Morgan fingerprint density at radius 2 is 1.39 bits per heavy atom. The van der Waals surface area contributed by atoms with E-state index in [1.807, 2.05) is 36.4 Å². The molecule has 2 aromatic carbocycles. The average Bonchev–Trinajstić information content (AvgIpc) is 2.80. The maximum Gasteiger partial charge on any atom is 0.128 e. The molecule has 0 aliphatic carbocycles. The van der Waals surface area contributed by atoms with E-state index in [1.165, 1.54) is 13.1 Å². The highest BCUT2D eigenvalue weighted by molar-refractivity contribution is 5.45. The summed E-state index contributed by atoms with van der Waals surface area (Å²) in [5.41, 5.74) is 1.62. The molecule has 0 aromatic heterocycles. The molecular formula is C27H39Cl2N3O. The first-order valence-electron chi connectivity index (χ1n) is 11.6. The number of nitriles is 1. The Labute approximate surface area is 213 Å². The second-order valence-electron chi connectivity index (χ2n) is 9.99. The van der Waals surface area contributed by atoms with E-state index in [4.69, 9.17) is 4.74 Å². The van der Waals surface area contributed by atoms with Gasteiger partial charge >= 0.3 is 0 Å². The SMILES string of the molecule is C[N+](C)(CCCCC(C#N)(c1ccccc1)c1ccccc1)CC[N+]1(C)CCOCC1.[Cl-].[Cl-]. The molecular weight excluding hydrogens is 453 g/mol. The lowest BCUT2D eigenvalue weighted by Crippen LogP contribution is -3.00. The highest BCUT2D eigenvalue weighted by Crippen LogP contribution is 2.36. The Morgan fingerprint density at radius 1 is 0.879 bits per heavy atom. The van der Waals surface area contributed by atoms with Crippen molar-refractivity contribution in [2.75, 3.05) is 67.1 Å². The molecule has 182 valence electrons. The van der Waals surface area contributed by atoms with Gasteiger partial charge in [0, 0.05) is 0 Å². The van der Waals surface area contributed by atoms with E-state index < -0.39 is 5.41 Å². The molecule has 4 nitrogen and oxygen atoms in total. The van der Waals surface area contributed by atoms with Crippen LogP contribution in [0, 0.1) is 11.3 Å². The third-order valence-electron chi connectivity index (χ3n) is 7.09. The number of benzene rings is 2. The van der Waals surface area contributed by atoms with Crippen LogP contribution >= 0.6 is 0 Å². The Balaban J connectivity index is 0.00000272. The smallest absolute Gasteiger partial charge is 0.128 e. The molecule has 1 aliphatic rings. The average molecular weight is 493 g/mol. The Morgan fingerprint density at radius 3 is 1.88 bits per heavy atom. The van der Waals surface area contributed by atoms with Gasteiger partial charge in [0.25, 0.3) is 0 Å². The first kappa shape index (κ1) is 29.4. The minimum Gasteiger partial charge on any atom is -1.00 e. The first-order chi connectivity index (χ1) is 14.9. The molecule has 2 aromatic rings. The minimum atomic E-state index is -0.577. The zero-order valence-electron chi connectivity index (χ0n) is 20.4. The predicted octanol–water partition coefficient (Wildman–Crippen LogP) is -1.77. The summed E-state index contributed by atoms with van der Waals surface area (Å²) >= 11 is 0. The zero-order chi connectivity index (χ0) is 22.2. The molecule has 6 heteroatoms. The van der Waals surface area contributed by atoms with Gasteiger partial charge < -0.3 is 38.5 Å². The van der Waals surface area contributed by atoms with Crippen LogP contribution in [0.3, 0.4) is 0 Å². The summed E-state index contributed by atoms with van der Waals surface area (Å²) in [6, 6.07) is 23.3. The Hall–Kier alpha value is -1.61. The molecule has 33 heavy (non-hydrogen) atoms. The van der Waals surface area contributed by atoms with Gasteiger partial charge in [-0.3, -0.25) is 0 Å². The van der Waals surface area contributed by atoms with Crippen molar-refractivity contribution in [1.82, 2.24) is 0 Å². The van der Waals surface area contributed by atoms with Crippen LogP contribution in [0.1, 0.15) is 30.4 Å². The van der Waals surface area contributed by atoms with Crippen molar-refractivity contribution >= 4 is 0 Å². The van der Waals surface area contributed by atoms with Crippen molar-refractivity contribution in [1.29, 1.82) is 5.26 Å². The second-order valence-corrected chi connectivity index (χ2v) is 9.99. The number of quaternary nitrogens is 2. The normalized spacial score (nSPS) is 15.6. The van der Waals surface area contributed by atoms with Gasteiger partial charge in [-0.05, 0) is 30.4 Å².